The monoisotopic (exact) mass is 479 g/mol. The highest BCUT2D eigenvalue weighted by Gasteiger charge is 2.28. The van der Waals surface area contributed by atoms with Crippen LogP contribution in [-0.2, 0) is 6.61 Å². The SMILES string of the molecule is O=C(Nc1ccc(-c2nnnn2C2CC2)cc1)c1ccc(COc2ccc(Br)cc2)o1. The van der Waals surface area contributed by atoms with Crippen molar-refractivity contribution in [3.63, 3.8) is 0 Å². The van der Waals surface area contributed by atoms with Gasteiger partial charge in [0.1, 0.15) is 18.1 Å². The third kappa shape index (κ3) is 4.51. The third-order valence-corrected chi connectivity index (χ3v) is 5.40. The van der Waals surface area contributed by atoms with Crippen LogP contribution < -0.4 is 10.1 Å². The summed E-state index contributed by atoms with van der Waals surface area (Å²) in [6.07, 6.45) is 2.21. The number of carbonyl (C=O) groups is 1. The molecule has 8 nitrogen and oxygen atoms in total. The lowest BCUT2D eigenvalue weighted by atomic mass is 10.2. The number of nitrogens with zero attached hydrogens (tertiary/aromatic N) is 4. The standard InChI is InChI=1S/C22H18BrN5O3/c23-15-3-9-18(10-4-15)30-13-19-11-12-20(31-19)22(29)24-16-5-1-14(2-6-16)21-25-26-27-28(21)17-7-8-17/h1-6,9-12,17H,7-8,13H2,(H,24,29). The second kappa shape index (κ2) is 8.35. The van der Waals surface area contributed by atoms with Crippen molar-refractivity contribution in [3.05, 3.63) is 76.7 Å². The highest BCUT2D eigenvalue weighted by Crippen LogP contribution is 2.36. The summed E-state index contributed by atoms with van der Waals surface area (Å²) in [5.41, 5.74) is 1.56. The van der Waals surface area contributed by atoms with Crippen LogP contribution in [0.3, 0.4) is 0 Å². The van der Waals surface area contributed by atoms with Crippen molar-refractivity contribution in [2.24, 2.45) is 0 Å². The number of amides is 1. The van der Waals surface area contributed by atoms with E-state index in [-0.39, 0.29) is 18.3 Å². The van der Waals surface area contributed by atoms with Gasteiger partial charge in [-0.2, -0.15) is 0 Å². The van der Waals surface area contributed by atoms with Crippen LogP contribution in [0.15, 0.2) is 69.6 Å². The molecule has 0 aliphatic heterocycles. The Labute approximate surface area is 186 Å². The van der Waals surface area contributed by atoms with Crippen LogP contribution in [0.25, 0.3) is 11.4 Å². The summed E-state index contributed by atoms with van der Waals surface area (Å²) in [5.74, 6) is 1.91. The molecule has 1 fully saturated rings. The van der Waals surface area contributed by atoms with E-state index in [1.54, 1.807) is 12.1 Å². The number of anilines is 1. The first kappa shape index (κ1) is 19.5. The zero-order valence-electron chi connectivity index (χ0n) is 16.4. The molecule has 0 atom stereocenters. The van der Waals surface area contributed by atoms with Gasteiger partial charge in [0.05, 0.1) is 6.04 Å². The fraction of sp³-hybridized carbons (Fsp3) is 0.182. The molecule has 156 valence electrons. The van der Waals surface area contributed by atoms with Gasteiger partial charge >= 0.3 is 0 Å². The molecular formula is C22H18BrN5O3. The van der Waals surface area contributed by atoms with E-state index in [9.17, 15) is 4.79 Å². The quantitative estimate of drug-likeness (QED) is 0.406. The Kier molecular flexibility index (Phi) is 5.25. The van der Waals surface area contributed by atoms with Gasteiger partial charge in [0, 0.05) is 15.7 Å². The minimum atomic E-state index is -0.328. The second-order valence-electron chi connectivity index (χ2n) is 7.22. The van der Waals surface area contributed by atoms with Gasteiger partial charge in [0.2, 0.25) is 0 Å². The van der Waals surface area contributed by atoms with E-state index in [0.717, 1.165) is 34.5 Å². The highest BCUT2D eigenvalue weighted by atomic mass is 79.9. The Morgan fingerprint density at radius 3 is 2.61 bits per heavy atom. The lowest BCUT2D eigenvalue weighted by Crippen LogP contribution is -2.10. The Morgan fingerprint density at radius 1 is 1.10 bits per heavy atom. The molecule has 5 rings (SSSR count). The van der Waals surface area contributed by atoms with E-state index in [1.165, 1.54) is 0 Å². The first-order valence-electron chi connectivity index (χ1n) is 9.82. The molecule has 1 aliphatic rings. The van der Waals surface area contributed by atoms with Gasteiger partial charge in [0.25, 0.3) is 5.91 Å². The molecule has 4 aromatic rings. The Bertz CT molecular complexity index is 1200. The maximum absolute atomic E-state index is 12.5. The molecule has 1 aliphatic carbocycles. The zero-order valence-corrected chi connectivity index (χ0v) is 17.9. The van der Waals surface area contributed by atoms with Crippen LogP contribution in [-0.4, -0.2) is 26.1 Å². The lowest BCUT2D eigenvalue weighted by Gasteiger charge is -2.06. The van der Waals surface area contributed by atoms with Gasteiger partial charge in [-0.05, 0) is 83.9 Å². The number of furan rings is 1. The molecule has 0 unspecified atom stereocenters. The summed E-state index contributed by atoms with van der Waals surface area (Å²) in [5, 5.41) is 14.8. The van der Waals surface area contributed by atoms with Crippen molar-refractivity contribution in [1.82, 2.24) is 20.2 Å². The maximum atomic E-state index is 12.5. The van der Waals surface area contributed by atoms with Crippen LogP contribution >= 0.6 is 15.9 Å². The third-order valence-electron chi connectivity index (χ3n) is 4.87. The number of ether oxygens (including phenoxy) is 1. The lowest BCUT2D eigenvalue weighted by molar-refractivity contribution is 0.0992. The summed E-state index contributed by atoms with van der Waals surface area (Å²) in [7, 11) is 0. The van der Waals surface area contributed by atoms with Gasteiger partial charge in [-0.15, -0.1) is 5.10 Å². The van der Waals surface area contributed by atoms with Crippen LogP contribution in [0, 0.1) is 0 Å². The van der Waals surface area contributed by atoms with Crippen molar-refractivity contribution < 1.29 is 13.9 Å². The zero-order chi connectivity index (χ0) is 21.2. The van der Waals surface area contributed by atoms with Crippen molar-refractivity contribution in [2.45, 2.75) is 25.5 Å². The number of tetrazole rings is 1. The fourth-order valence-corrected chi connectivity index (χ4v) is 3.37. The maximum Gasteiger partial charge on any atom is 0.291 e. The van der Waals surface area contributed by atoms with Crippen molar-refractivity contribution in [1.29, 1.82) is 0 Å². The fourth-order valence-electron chi connectivity index (χ4n) is 3.11. The molecule has 0 radical (unpaired) electrons. The molecule has 2 heterocycles. The number of benzene rings is 2. The van der Waals surface area contributed by atoms with E-state index < -0.39 is 0 Å². The number of carbonyl (C=O) groups excluding carboxylic acids is 1. The van der Waals surface area contributed by atoms with E-state index in [2.05, 4.69) is 36.8 Å². The Hall–Kier alpha value is -3.46. The first-order valence-corrected chi connectivity index (χ1v) is 10.6. The normalized spacial score (nSPS) is 13.2. The van der Waals surface area contributed by atoms with E-state index in [1.807, 2.05) is 53.2 Å². The molecule has 2 aromatic carbocycles. The predicted molar refractivity (Wildman–Crippen MR) is 117 cm³/mol. The summed E-state index contributed by atoms with van der Waals surface area (Å²) in [4.78, 5) is 12.5. The van der Waals surface area contributed by atoms with Crippen molar-refractivity contribution in [2.75, 3.05) is 5.32 Å². The largest absolute Gasteiger partial charge is 0.486 e. The van der Waals surface area contributed by atoms with Crippen molar-refractivity contribution in [3.8, 4) is 17.1 Å². The number of halogens is 1. The molecule has 1 saturated carbocycles. The Morgan fingerprint density at radius 2 is 1.87 bits per heavy atom. The van der Waals surface area contributed by atoms with Crippen LogP contribution in [0.5, 0.6) is 5.75 Å². The molecule has 1 N–H and O–H groups in total. The number of rotatable bonds is 7. The molecule has 1 amide bonds. The van der Waals surface area contributed by atoms with E-state index >= 15 is 0 Å². The molecule has 0 saturated heterocycles. The second-order valence-corrected chi connectivity index (χ2v) is 8.13. The summed E-state index contributed by atoms with van der Waals surface area (Å²) in [6, 6.07) is 18.7. The van der Waals surface area contributed by atoms with Gasteiger partial charge in [-0.1, -0.05) is 15.9 Å². The molecule has 2 aromatic heterocycles. The van der Waals surface area contributed by atoms with Crippen LogP contribution in [0.4, 0.5) is 5.69 Å². The van der Waals surface area contributed by atoms with E-state index in [4.69, 9.17) is 9.15 Å². The minimum absolute atomic E-state index is 0.219. The summed E-state index contributed by atoms with van der Waals surface area (Å²) in [6.45, 7) is 0.235. The summed E-state index contributed by atoms with van der Waals surface area (Å²) < 4.78 is 14.1. The van der Waals surface area contributed by atoms with Gasteiger partial charge in [0.15, 0.2) is 11.6 Å². The van der Waals surface area contributed by atoms with Crippen LogP contribution in [0.1, 0.15) is 35.2 Å². The average Bonchev–Trinajstić information content (AvgIpc) is 3.31. The highest BCUT2D eigenvalue weighted by molar-refractivity contribution is 9.10. The number of aromatic nitrogens is 4. The topological polar surface area (TPSA) is 95.1 Å². The smallest absolute Gasteiger partial charge is 0.291 e. The number of hydrogen-bond acceptors (Lipinski definition) is 6. The Balaban J connectivity index is 1.20. The first-order chi connectivity index (χ1) is 15.2. The van der Waals surface area contributed by atoms with Gasteiger partial charge in [-0.25, -0.2) is 4.68 Å². The summed E-state index contributed by atoms with van der Waals surface area (Å²) >= 11 is 3.38. The minimum Gasteiger partial charge on any atom is -0.486 e. The van der Waals surface area contributed by atoms with Gasteiger partial charge in [-0.3, -0.25) is 4.79 Å². The van der Waals surface area contributed by atoms with Gasteiger partial charge < -0.3 is 14.5 Å². The average molecular weight is 480 g/mol. The number of nitrogens with one attached hydrogen (secondary N) is 1. The molecule has 0 spiro atoms. The molecule has 31 heavy (non-hydrogen) atoms. The number of hydrogen-bond donors (Lipinski definition) is 1. The molecular weight excluding hydrogens is 462 g/mol. The molecule has 0 bridgehead atoms. The van der Waals surface area contributed by atoms with Crippen LogP contribution in [0.2, 0.25) is 0 Å². The molecule has 9 heteroatoms. The van der Waals surface area contributed by atoms with E-state index in [0.29, 0.717) is 17.5 Å². The predicted octanol–water partition coefficient (Wildman–Crippen LogP) is 4.86. The van der Waals surface area contributed by atoms with Crippen molar-refractivity contribution >= 4 is 27.5 Å².